The highest BCUT2D eigenvalue weighted by Gasteiger charge is 2.34. The largest absolute Gasteiger partial charge is 0.477 e. The molecule has 1 aliphatic carbocycles. The van der Waals surface area contributed by atoms with Crippen LogP contribution in [0.2, 0.25) is 0 Å². The number of halogens is 2. The van der Waals surface area contributed by atoms with Gasteiger partial charge in [0.1, 0.15) is 11.2 Å². The molecule has 0 amide bonds. The molecular weight excluding hydrogens is 530 g/mol. The van der Waals surface area contributed by atoms with Crippen LogP contribution in [-0.2, 0) is 6.42 Å². The van der Waals surface area contributed by atoms with E-state index >= 15 is 4.39 Å². The summed E-state index contributed by atoms with van der Waals surface area (Å²) in [6.45, 7) is 2.90. The van der Waals surface area contributed by atoms with Crippen molar-refractivity contribution in [1.82, 2.24) is 19.9 Å². The van der Waals surface area contributed by atoms with Crippen LogP contribution in [0.3, 0.4) is 0 Å². The lowest BCUT2D eigenvalue weighted by Gasteiger charge is -2.25. The van der Waals surface area contributed by atoms with Crippen molar-refractivity contribution >= 4 is 28.4 Å². The van der Waals surface area contributed by atoms with Crippen molar-refractivity contribution in [3.05, 3.63) is 69.4 Å². The first-order chi connectivity index (χ1) is 19.9. The lowest BCUT2D eigenvalue weighted by Crippen LogP contribution is -2.23. The smallest absolute Gasteiger partial charge is 0.341 e. The number of carboxylic acids is 1. The summed E-state index contributed by atoms with van der Waals surface area (Å²) in [6.07, 6.45) is 7.79. The fourth-order valence-corrected chi connectivity index (χ4v) is 6.60. The molecule has 9 nitrogen and oxygen atoms in total. The molecule has 2 fully saturated rings. The van der Waals surface area contributed by atoms with E-state index in [4.69, 9.17) is 4.98 Å². The van der Waals surface area contributed by atoms with Crippen LogP contribution >= 0.6 is 0 Å². The summed E-state index contributed by atoms with van der Waals surface area (Å²) < 4.78 is 32.1. The van der Waals surface area contributed by atoms with Crippen LogP contribution in [0, 0.1) is 11.6 Å². The number of benzene rings is 1. The van der Waals surface area contributed by atoms with Crippen LogP contribution in [0.25, 0.3) is 33.3 Å². The number of rotatable bonds is 5. The maximum Gasteiger partial charge on any atom is 0.341 e. The molecule has 5 heterocycles. The number of hydrogen-bond donors (Lipinski definition) is 3. The molecule has 0 unspecified atom stereocenters. The van der Waals surface area contributed by atoms with Gasteiger partial charge < -0.3 is 25.2 Å². The molecule has 210 valence electrons. The van der Waals surface area contributed by atoms with Gasteiger partial charge in [-0.3, -0.25) is 9.78 Å². The molecule has 2 saturated heterocycles. The third kappa shape index (κ3) is 3.90. The minimum atomic E-state index is -1.30. The van der Waals surface area contributed by atoms with Crippen molar-refractivity contribution in [2.45, 2.75) is 31.7 Å². The summed E-state index contributed by atoms with van der Waals surface area (Å²) in [5, 5.41) is 16.3. The first kappa shape index (κ1) is 25.6. The number of carboxylic acid groups (broad SMARTS) is 1. The normalized spacial score (nSPS) is 17.7. The van der Waals surface area contributed by atoms with Crippen molar-refractivity contribution < 1.29 is 18.7 Å². The predicted octanol–water partition coefficient (Wildman–Crippen LogP) is 4.18. The first-order valence-electron chi connectivity index (χ1n) is 13.8. The van der Waals surface area contributed by atoms with E-state index in [1.165, 1.54) is 12.3 Å². The van der Waals surface area contributed by atoms with Gasteiger partial charge in [-0.1, -0.05) is 0 Å². The van der Waals surface area contributed by atoms with Gasteiger partial charge >= 0.3 is 5.97 Å². The number of nitrogens with one attached hydrogen (secondary N) is 2. The number of carbonyl (C=O) groups is 1. The van der Waals surface area contributed by atoms with Crippen molar-refractivity contribution in [2.75, 3.05) is 43.4 Å². The third-order valence-corrected chi connectivity index (χ3v) is 8.58. The number of nitrogens with zero attached hydrogens (tertiary/aromatic N) is 4. The van der Waals surface area contributed by atoms with Crippen molar-refractivity contribution in [3.8, 4) is 22.3 Å². The molecule has 2 aliphatic heterocycles. The molecule has 0 spiro atoms. The quantitative estimate of drug-likeness (QED) is 0.295. The van der Waals surface area contributed by atoms with E-state index in [9.17, 15) is 19.1 Å². The maximum atomic E-state index is 15.5. The van der Waals surface area contributed by atoms with Gasteiger partial charge in [0.2, 0.25) is 5.43 Å². The zero-order chi connectivity index (χ0) is 28.4. The number of pyridine rings is 3. The standard InChI is InChI=1S/C30H28F2N6O3/c1-33-22-10-21(31)26(32)24-17(22)9-23-25(24)27(37-6-2-3-7-37)19(13-35-23)15-8-18-28(39)20(30(40)41)14-38(29(18)36-11-15)16-4-5-34-12-16/h8,10-11,13-14,16,33-34H,2-7,9,12H2,1H3,(H,40,41)/t16-/m1/s1. The summed E-state index contributed by atoms with van der Waals surface area (Å²) in [5.41, 5.74) is 3.99. The van der Waals surface area contributed by atoms with Crippen LogP contribution in [0.4, 0.5) is 20.2 Å². The monoisotopic (exact) mass is 558 g/mol. The van der Waals surface area contributed by atoms with E-state index in [0.29, 0.717) is 52.2 Å². The van der Waals surface area contributed by atoms with Crippen LogP contribution < -0.4 is 21.0 Å². The Balaban J connectivity index is 1.49. The van der Waals surface area contributed by atoms with Gasteiger partial charge in [-0.25, -0.2) is 18.6 Å². The number of hydrogen-bond acceptors (Lipinski definition) is 7. The van der Waals surface area contributed by atoms with E-state index in [1.807, 2.05) is 0 Å². The SMILES string of the molecule is CNc1cc(F)c(F)c2c1Cc1ncc(-c3cnc4c(c3)c(=O)c(C(=O)O)cn4[C@@H]3CCNC3)c(N3CCCC3)c1-2. The predicted molar refractivity (Wildman–Crippen MR) is 152 cm³/mol. The lowest BCUT2D eigenvalue weighted by molar-refractivity contribution is 0.0694. The summed E-state index contributed by atoms with van der Waals surface area (Å²) in [5.74, 6) is -3.14. The molecule has 0 bridgehead atoms. The maximum absolute atomic E-state index is 15.5. The van der Waals surface area contributed by atoms with Gasteiger partial charge in [-0.2, -0.15) is 0 Å². The Morgan fingerprint density at radius 3 is 2.66 bits per heavy atom. The van der Waals surface area contributed by atoms with Crippen molar-refractivity contribution in [3.63, 3.8) is 0 Å². The molecule has 41 heavy (non-hydrogen) atoms. The zero-order valence-electron chi connectivity index (χ0n) is 22.4. The van der Waals surface area contributed by atoms with E-state index in [-0.39, 0.29) is 22.6 Å². The Morgan fingerprint density at radius 2 is 1.95 bits per heavy atom. The number of anilines is 2. The van der Waals surface area contributed by atoms with Crippen LogP contribution in [-0.4, -0.2) is 58.8 Å². The van der Waals surface area contributed by atoms with Gasteiger partial charge in [0, 0.05) is 91.7 Å². The second-order valence-corrected chi connectivity index (χ2v) is 10.9. The van der Waals surface area contributed by atoms with Crippen molar-refractivity contribution in [2.24, 2.45) is 0 Å². The summed E-state index contributed by atoms with van der Waals surface area (Å²) in [6, 6.07) is 2.80. The molecule has 0 saturated carbocycles. The minimum Gasteiger partial charge on any atom is -0.477 e. The molecule has 4 aromatic rings. The minimum absolute atomic E-state index is 0.0351. The second-order valence-electron chi connectivity index (χ2n) is 10.9. The Hall–Kier alpha value is -4.38. The summed E-state index contributed by atoms with van der Waals surface area (Å²) in [4.78, 5) is 37.0. The summed E-state index contributed by atoms with van der Waals surface area (Å²) >= 11 is 0. The highest BCUT2D eigenvalue weighted by Crippen LogP contribution is 2.50. The van der Waals surface area contributed by atoms with E-state index in [1.54, 1.807) is 30.1 Å². The topological polar surface area (TPSA) is 112 Å². The van der Waals surface area contributed by atoms with Crippen LogP contribution in [0.5, 0.6) is 0 Å². The second kappa shape index (κ2) is 9.62. The van der Waals surface area contributed by atoms with Crippen LogP contribution in [0.15, 0.2) is 35.5 Å². The highest BCUT2D eigenvalue weighted by molar-refractivity contribution is 5.98. The Kier molecular flexibility index (Phi) is 6.00. The lowest BCUT2D eigenvalue weighted by atomic mass is 9.97. The highest BCUT2D eigenvalue weighted by atomic mass is 19.2. The first-order valence-corrected chi connectivity index (χ1v) is 13.8. The molecule has 1 aromatic carbocycles. The van der Waals surface area contributed by atoms with Gasteiger partial charge in [-0.05, 0) is 37.4 Å². The molecular formula is C30H28F2N6O3. The molecule has 3 aromatic heterocycles. The number of fused-ring (bicyclic) bond motifs is 4. The molecule has 11 heteroatoms. The Bertz CT molecular complexity index is 1810. The molecule has 7 rings (SSSR count). The van der Waals surface area contributed by atoms with E-state index in [0.717, 1.165) is 44.6 Å². The summed E-state index contributed by atoms with van der Waals surface area (Å²) in [7, 11) is 1.68. The van der Waals surface area contributed by atoms with Gasteiger partial charge in [0.15, 0.2) is 11.6 Å². The zero-order valence-corrected chi connectivity index (χ0v) is 22.4. The number of aromatic nitrogens is 3. The fourth-order valence-electron chi connectivity index (χ4n) is 6.60. The Labute approximate surface area is 233 Å². The van der Waals surface area contributed by atoms with Gasteiger partial charge in [0.25, 0.3) is 0 Å². The van der Waals surface area contributed by atoms with Gasteiger partial charge in [-0.15, -0.1) is 0 Å². The molecule has 0 radical (unpaired) electrons. The average Bonchev–Trinajstić information content (AvgIpc) is 3.76. The fraction of sp³-hybridized carbons (Fsp3) is 0.333. The number of aromatic carboxylic acids is 1. The van der Waals surface area contributed by atoms with Crippen LogP contribution in [0.1, 0.15) is 46.9 Å². The molecule has 3 N–H and O–H groups in total. The van der Waals surface area contributed by atoms with E-state index < -0.39 is 23.0 Å². The molecule has 3 aliphatic rings. The molecule has 1 atom stereocenters. The van der Waals surface area contributed by atoms with E-state index in [2.05, 4.69) is 20.5 Å². The third-order valence-electron chi connectivity index (χ3n) is 8.58. The average molecular weight is 559 g/mol. The van der Waals surface area contributed by atoms with Crippen molar-refractivity contribution in [1.29, 1.82) is 0 Å². The Morgan fingerprint density at radius 1 is 1.15 bits per heavy atom. The van der Waals surface area contributed by atoms with Gasteiger partial charge in [0.05, 0.1) is 16.8 Å².